The van der Waals surface area contributed by atoms with E-state index in [2.05, 4.69) is 16.8 Å². The molecule has 3 heteroatoms. The Morgan fingerprint density at radius 2 is 2.18 bits per heavy atom. The average Bonchev–Trinajstić information content (AvgIpc) is 3.00. The number of carboxylic acids is 1. The van der Waals surface area contributed by atoms with Crippen molar-refractivity contribution in [3.63, 3.8) is 0 Å². The number of aromatic nitrogens is 1. The van der Waals surface area contributed by atoms with Crippen LogP contribution < -0.4 is 0 Å². The van der Waals surface area contributed by atoms with Gasteiger partial charge in [-0.1, -0.05) is 6.07 Å². The maximum Gasteiger partial charge on any atom is 0.307 e. The van der Waals surface area contributed by atoms with Gasteiger partial charge in [-0.2, -0.15) is 0 Å². The molecule has 1 heterocycles. The molecule has 0 spiro atoms. The number of hydrogen-bond donors (Lipinski definition) is 1. The highest BCUT2D eigenvalue weighted by atomic mass is 16.4. The minimum atomic E-state index is -0.776. The van der Waals surface area contributed by atoms with E-state index in [1.807, 2.05) is 18.2 Å². The van der Waals surface area contributed by atoms with Gasteiger partial charge in [-0.3, -0.25) is 4.79 Å². The van der Waals surface area contributed by atoms with Gasteiger partial charge in [0.25, 0.3) is 0 Å². The van der Waals surface area contributed by atoms with Crippen LogP contribution in [0.2, 0.25) is 0 Å². The van der Waals surface area contributed by atoms with Gasteiger partial charge in [-0.25, -0.2) is 0 Å². The molecule has 0 amide bonds. The molecule has 1 aliphatic rings. The monoisotopic (exact) mass is 229 g/mol. The minimum absolute atomic E-state index is 0.101. The van der Waals surface area contributed by atoms with Gasteiger partial charge in [0.2, 0.25) is 0 Å². The van der Waals surface area contributed by atoms with Crippen LogP contribution in [0.3, 0.4) is 0 Å². The quantitative estimate of drug-likeness (QED) is 0.875. The summed E-state index contributed by atoms with van der Waals surface area (Å²) in [5.74, 6) is 0.0751. The van der Waals surface area contributed by atoms with Gasteiger partial charge >= 0.3 is 5.97 Å². The van der Waals surface area contributed by atoms with Gasteiger partial charge in [0.1, 0.15) is 0 Å². The van der Waals surface area contributed by atoms with Crippen molar-refractivity contribution in [2.45, 2.75) is 25.8 Å². The molecule has 2 aromatic rings. The highest BCUT2D eigenvalue weighted by Gasteiger charge is 2.21. The number of carbonyl (C=O) groups is 1. The van der Waals surface area contributed by atoms with E-state index in [1.165, 1.54) is 18.4 Å². The molecular formula is C14H15NO2. The zero-order valence-electron chi connectivity index (χ0n) is 9.60. The van der Waals surface area contributed by atoms with E-state index in [0.29, 0.717) is 0 Å². The molecule has 0 unspecified atom stereocenters. The molecule has 3 rings (SSSR count). The van der Waals surface area contributed by atoms with E-state index in [9.17, 15) is 4.79 Å². The standard InChI is InChI=1S/C14H15NO2/c16-14(17)8-11-3-4-13-12(7-11)5-6-15(13)9-10-1-2-10/h3-7,10H,1-2,8-9H2,(H,16,17). The number of nitrogens with zero attached hydrogens (tertiary/aromatic N) is 1. The van der Waals surface area contributed by atoms with Crippen LogP contribution in [-0.2, 0) is 17.8 Å². The topological polar surface area (TPSA) is 42.2 Å². The lowest BCUT2D eigenvalue weighted by Crippen LogP contribution is -2.00. The minimum Gasteiger partial charge on any atom is -0.481 e. The summed E-state index contributed by atoms with van der Waals surface area (Å²) < 4.78 is 2.28. The summed E-state index contributed by atoms with van der Waals surface area (Å²) in [6, 6.07) is 8.01. The van der Waals surface area contributed by atoms with Crippen LogP contribution in [0.15, 0.2) is 30.5 Å². The molecule has 0 aliphatic heterocycles. The van der Waals surface area contributed by atoms with Gasteiger partial charge in [-0.15, -0.1) is 0 Å². The van der Waals surface area contributed by atoms with E-state index >= 15 is 0 Å². The lowest BCUT2D eigenvalue weighted by molar-refractivity contribution is -0.136. The smallest absolute Gasteiger partial charge is 0.307 e. The molecule has 17 heavy (non-hydrogen) atoms. The number of aliphatic carboxylic acids is 1. The van der Waals surface area contributed by atoms with Gasteiger partial charge in [0.05, 0.1) is 6.42 Å². The molecule has 3 nitrogen and oxygen atoms in total. The molecule has 88 valence electrons. The number of hydrogen-bond acceptors (Lipinski definition) is 1. The Morgan fingerprint density at radius 1 is 1.35 bits per heavy atom. The molecule has 0 atom stereocenters. The molecule has 1 fully saturated rings. The molecule has 0 bridgehead atoms. The second-order valence-corrected chi connectivity index (χ2v) is 4.88. The summed E-state index contributed by atoms with van der Waals surface area (Å²) >= 11 is 0. The second-order valence-electron chi connectivity index (χ2n) is 4.88. The maximum atomic E-state index is 10.7. The Balaban J connectivity index is 1.92. The lowest BCUT2D eigenvalue weighted by atomic mass is 10.1. The summed E-state index contributed by atoms with van der Waals surface area (Å²) in [7, 11) is 0. The molecule has 0 saturated heterocycles. The Hall–Kier alpha value is -1.77. The zero-order chi connectivity index (χ0) is 11.8. The fourth-order valence-corrected chi connectivity index (χ4v) is 2.27. The summed E-state index contributed by atoms with van der Waals surface area (Å²) in [6.07, 6.45) is 4.89. The van der Waals surface area contributed by atoms with Crippen LogP contribution in [0.1, 0.15) is 18.4 Å². The molecule has 1 aliphatic carbocycles. The van der Waals surface area contributed by atoms with Crippen molar-refractivity contribution in [1.82, 2.24) is 4.57 Å². The predicted octanol–water partition coefficient (Wildman–Crippen LogP) is 2.68. The van der Waals surface area contributed by atoms with E-state index in [1.54, 1.807) is 0 Å². The number of rotatable bonds is 4. The van der Waals surface area contributed by atoms with E-state index in [4.69, 9.17) is 5.11 Å². The normalized spacial score (nSPS) is 15.3. The third kappa shape index (κ3) is 2.18. The van der Waals surface area contributed by atoms with Crippen LogP contribution in [0.25, 0.3) is 10.9 Å². The van der Waals surface area contributed by atoms with Crippen molar-refractivity contribution < 1.29 is 9.90 Å². The largest absolute Gasteiger partial charge is 0.481 e. The molecule has 0 radical (unpaired) electrons. The highest BCUT2D eigenvalue weighted by Crippen LogP contribution is 2.32. The van der Waals surface area contributed by atoms with Gasteiger partial charge < -0.3 is 9.67 Å². The Labute approximate surface area is 99.7 Å². The number of carboxylic acid groups (broad SMARTS) is 1. The SMILES string of the molecule is O=C(O)Cc1ccc2c(ccn2CC2CC2)c1. The highest BCUT2D eigenvalue weighted by molar-refractivity contribution is 5.82. The second kappa shape index (κ2) is 3.91. The number of fused-ring (bicyclic) bond motifs is 1. The average molecular weight is 229 g/mol. The Kier molecular flexibility index (Phi) is 2.39. The van der Waals surface area contributed by atoms with Crippen molar-refractivity contribution in [3.05, 3.63) is 36.0 Å². The van der Waals surface area contributed by atoms with E-state index in [-0.39, 0.29) is 6.42 Å². The van der Waals surface area contributed by atoms with Gasteiger partial charge in [0.15, 0.2) is 0 Å². The van der Waals surface area contributed by atoms with Crippen molar-refractivity contribution in [3.8, 4) is 0 Å². The summed E-state index contributed by atoms with van der Waals surface area (Å²) in [4.78, 5) is 10.7. The van der Waals surface area contributed by atoms with Crippen LogP contribution in [0, 0.1) is 5.92 Å². The van der Waals surface area contributed by atoms with Crippen LogP contribution in [0.4, 0.5) is 0 Å². The zero-order valence-corrected chi connectivity index (χ0v) is 9.60. The first-order chi connectivity index (χ1) is 8.22. The molecule has 1 saturated carbocycles. The lowest BCUT2D eigenvalue weighted by Gasteiger charge is -2.04. The third-order valence-corrected chi connectivity index (χ3v) is 3.34. The summed E-state index contributed by atoms with van der Waals surface area (Å²) in [5, 5.41) is 9.91. The van der Waals surface area contributed by atoms with Crippen molar-refractivity contribution in [2.24, 2.45) is 5.92 Å². The van der Waals surface area contributed by atoms with Crippen LogP contribution in [-0.4, -0.2) is 15.6 Å². The van der Waals surface area contributed by atoms with Crippen molar-refractivity contribution >= 4 is 16.9 Å². The van der Waals surface area contributed by atoms with Crippen LogP contribution in [0.5, 0.6) is 0 Å². The van der Waals surface area contributed by atoms with Gasteiger partial charge in [-0.05, 0) is 47.9 Å². The van der Waals surface area contributed by atoms with Crippen molar-refractivity contribution in [2.75, 3.05) is 0 Å². The first-order valence-electron chi connectivity index (χ1n) is 6.02. The fraction of sp³-hybridized carbons (Fsp3) is 0.357. The first-order valence-corrected chi connectivity index (χ1v) is 6.02. The fourth-order valence-electron chi connectivity index (χ4n) is 2.27. The predicted molar refractivity (Wildman–Crippen MR) is 66.0 cm³/mol. The van der Waals surface area contributed by atoms with Crippen LogP contribution >= 0.6 is 0 Å². The Bertz CT molecular complexity index is 567. The maximum absolute atomic E-state index is 10.7. The summed E-state index contributed by atoms with van der Waals surface area (Å²) in [5.41, 5.74) is 2.08. The molecule has 1 aromatic heterocycles. The molecule has 1 aromatic carbocycles. The van der Waals surface area contributed by atoms with E-state index < -0.39 is 5.97 Å². The van der Waals surface area contributed by atoms with Crippen molar-refractivity contribution in [1.29, 1.82) is 0 Å². The van der Waals surface area contributed by atoms with E-state index in [0.717, 1.165) is 23.4 Å². The molecular weight excluding hydrogens is 214 g/mol. The Morgan fingerprint density at radius 3 is 2.88 bits per heavy atom. The summed E-state index contributed by atoms with van der Waals surface area (Å²) in [6.45, 7) is 1.10. The molecule has 1 N–H and O–H groups in total. The van der Waals surface area contributed by atoms with Gasteiger partial charge in [0, 0.05) is 18.3 Å². The number of benzene rings is 1. The first kappa shape index (κ1) is 10.4. The third-order valence-electron chi connectivity index (χ3n) is 3.34.